The normalized spacial score (nSPS) is 10.8. The number of rotatable bonds is 6. The quantitative estimate of drug-likeness (QED) is 0.363. The first-order chi connectivity index (χ1) is 17.1. The predicted molar refractivity (Wildman–Crippen MR) is 134 cm³/mol. The molecule has 3 heterocycles. The van der Waals surface area contributed by atoms with Crippen molar-refractivity contribution in [3.8, 4) is 22.6 Å². The number of aryl methyl sites for hydroxylation is 1. The molecule has 2 aromatic carbocycles. The van der Waals surface area contributed by atoms with Crippen molar-refractivity contribution in [2.24, 2.45) is 0 Å². The molecular formula is C28H23N5O2. The van der Waals surface area contributed by atoms with Gasteiger partial charge >= 0.3 is 0 Å². The van der Waals surface area contributed by atoms with Crippen LogP contribution >= 0.6 is 0 Å². The number of pyridine rings is 2. The van der Waals surface area contributed by atoms with Gasteiger partial charge in [0.05, 0.1) is 5.52 Å². The molecule has 0 radical (unpaired) electrons. The summed E-state index contributed by atoms with van der Waals surface area (Å²) in [6, 6.07) is 17.0. The third-order valence-corrected chi connectivity index (χ3v) is 5.77. The van der Waals surface area contributed by atoms with E-state index in [1.165, 1.54) is 0 Å². The van der Waals surface area contributed by atoms with E-state index in [4.69, 9.17) is 4.74 Å². The van der Waals surface area contributed by atoms with Gasteiger partial charge in [-0.3, -0.25) is 14.8 Å². The van der Waals surface area contributed by atoms with Gasteiger partial charge in [0.15, 0.2) is 0 Å². The SMILES string of the molecule is Cc1ncc(-c2ccc3c(Oc4cccc(C(=O)NCc5ccncc5)c4C)ccnc3c2)cn1. The number of fused-ring (bicyclic) bond motifs is 1. The molecular weight excluding hydrogens is 438 g/mol. The molecule has 0 unspecified atom stereocenters. The van der Waals surface area contributed by atoms with E-state index in [1.54, 1.807) is 37.1 Å². The van der Waals surface area contributed by atoms with Crippen molar-refractivity contribution in [3.63, 3.8) is 0 Å². The average molecular weight is 462 g/mol. The van der Waals surface area contributed by atoms with E-state index in [2.05, 4.69) is 25.3 Å². The summed E-state index contributed by atoms with van der Waals surface area (Å²) in [6.45, 7) is 4.17. The average Bonchev–Trinajstić information content (AvgIpc) is 2.89. The van der Waals surface area contributed by atoms with Crippen molar-refractivity contribution in [1.29, 1.82) is 0 Å². The summed E-state index contributed by atoms with van der Waals surface area (Å²) in [5.41, 5.74) is 5.01. The number of amides is 1. The lowest BCUT2D eigenvalue weighted by Crippen LogP contribution is -2.23. The Morgan fingerprint density at radius 2 is 1.66 bits per heavy atom. The highest BCUT2D eigenvalue weighted by Crippen LogP contribution is 2.33. The fourth-order valence-electron chi connectivity index (χ4n) is 3.80. The van der Waals surface area contributed by atoms with Gasteiger partial charge in [-0.1, -0.05) is 12.1 Å². The third-order valence-electron chi connectivity index (χ3n) is 5.77. The van der Waals surface area contributed by atoms with Crippen LogP contribution in [0.5, 0.6) is 11.5 Å². The minimum Gasteiger partial charge on any atom is -0.456 e. The van der Waals surface area contributed by atoms with Gasteiger partial charge in [0, 0.05) is 59.6 Å². The molecule has 1 amide bonds. The van der Waals surface area contributed by atoms with E-state index >= 15 is 0 Å². The highest BCUT2D eigenvalue weighted by molar-refractivity contribution is 5.96. The molecule has 0 aliphatic carbocycles. The molecule has 172 valence electrons. The standard InChI is InChI=1S/C28H23N5O2/c1-18-23(28(34)33-15-20-8-11-29-12-9-20)4-3-5-26(18)35-27-10-13-30-25-14-21(6-7-24(25)27)22-16-31-19(2)32-17-22/h3-14,16-17H,15H2,1-2H3,(H,33,34). The summed E-state index contributed by atoms with van der Waals surface area (Å²) < 4.78 is 6.28. The Bertz CT molecular complexity index is 1500. The molecule has 0 spiro atoms. The summed E-state index contributed by atoms with van der Waals surface area (Å²) in [6.07, 6.45) is 8.74. The zero-order valence-electron chi connectivity index (χ0n) is 19.4. The maximum absolute atomic E-state index is 12.8. The Labute approximate surface area is 202 Å². The van der Waals surface area contributed by atoms with Crippen molar-refractivity contribution < 1.29 is 9.53 Å². The topological polar surface area (TPSA) is 89.9 Å². The number of carbonyl (C=O) groups is 1. The molecule has 3 aromatic heterocycles. The number of carbonyl (C=O) groups excluding carboxylic acids is 1. The fourth-order valence-corrected chi connectivity index (χ4v) is 3.80. The van der Waals surface area contributed by atoms with Gasteiger partial charge in [-0.2, -0.15) is 0 Å². The highest BCUT2D eigenvalue weighted by Gasteiger charge is 2.14. The Morgan fingerprint density at radius 1 is 0.857 bits per heavy atom. The summed E-state index contributed by atoms with van der Waals surface area (Å²) >= 11 is 0. The minimum atomic E-state index is -0.158. The zero-order chi connectivity index (χ0) is 24.2. The second kappa shape index (κ2) is 9.69. The van der Waals surface area contributed by atoms with Crippen molar-refractivity contribution in [2.45, 2.75) is 20.4 Å². The van der Waals surface area contributed by atoms with E-state index in [0.29, 0.717) is 23.6 Å². The van der Waals surface area contributed by atoms with Gasteiger partial charge in [0.25, 0.3) is 5.91 Å². The molecule has 0 saturated carbocycles. The van der Waals surface area contributed by atoms with Crippen LogP contribution in [-0.2, 0) is 6.54 Å². The van der Waals surface area contributed by atoms with Crippen LogP contribution in [0.4, 0.5) is 0 Å². The van der Waals surface area contributed by atoms with Crippen molar-refractivity contribution in [3.05, 3.63) is 108 Å². The number of hydrogen-bond acceptors (Lipinski definition) is 6. The molecule has 5 rings (SSSR count). The predicted octanol–water partition coefficient (Wildman–Crippen LogP) is 5.43. The molecule has 0 aliphatic heterocycles. The number of ether oxygens (including phenoxy) is 1. The number of benzene rings is 2. The number of hydrogen-bond donors (Lipinski definition) is 1. The smallest absolute Gasteiger partial charge is 0.251 e. The summed E-state index contributed by atoms with van der Waals surface area (Å²) in [4.78, 5) is 29.9. The lowest BCUT2D eigenvalue weighted by atomic mass is 10.1. The lowest BCUT2D eigenvalue weighted by Gasteiger charge is -2.14. The van der Waals surface area contributed by atoms with Crippen LogP contribution in [-0.4, -0.2) is 25.8 Å². The van der Waals surface area contributed by atoms with Crippen LogP contribution in [0.25, 0.3) is 22.0 Å². The van der Waals surface area contributed by atoms with Gasteiger partial charge in [0.2, 0.25) is 0 Å². The van der Waals surface area contributed by atoms with E-state index in [9.17, 15) is 4.79 Å². The molecule has 7 heteroatoms. The third kappa shape index (κ3) is 4.84. The molecule has 1 N–H and O–H groups in total. The molecule has 0 fully saturated rings. The van der Waals surface area contributed by atoms with Crippen LogP contribution in [0.15, 0.2) is 85.6 Å². The van der Waals surface area contributed by atoms with Gasteiger partial charge in [-0.15, -0.1) is 0 Å². The van der Waals surface area contributed by atoms with Gasteiger partial charge < -0.3 is 10.1 Å². The Morgan fingerprint density at radius 3 is 2.46 bits per heavy atom. The monoisotopic (exact) mass is 461 g/mol. The van der Waals surface area contributed by atoms with Crippen LogP contribution < -0.4 is 10.1 Å². The van der Waals surface area contributed by atoms with Crippen LogP contribution in [0, 0.1) is 13.8 Å². The molecule has 5 aromatic rings. The molecule has 0 bridgehead atoms. The van der Waals surface area contributed by atoms with Gasteiger partial charge in [0.1, 0.15) is 17.3 Å². The Kier molecular flexibility index (Phi) is 6.13. The van der Waals surface area contributed by atoms with Crippen molar-refractivity contribution >= 4 is 16.8 Å². The van der Waals surface area contributed by atoms with E-state index in [1.807, 2.05) is 62.4 Å². The lowest BCUT2D eigenvalue weighted by molar-refractivity contribution is 0.0950. The van der Waals surface area contributed by atoms with Crippen LogP contribution in [0.2, 0.25) is 0 Å². The first kappa shape index (κ1) is 22.2. The minimum absolute atomic E-state index is 0.158. The Hall–Kier alpha value is -4.65. The van der Waals surface area contributed by atoms with Crippen LogP contribution in [0.1, 0.15) is 27.3 Å². The largest absolute Gasteiger partial charge is 0.456 e. The first-order valence-electron chi connectivity index (χ1n) is 11.2. The number of nitrogens with zero attached hydrogens (tertiary/aromatic N) is 4. The first-order valence-corrected chi connectivity index (χ1v) is 11.2. The van der Waals surface area contributed by atoms with Crippen LogP contribution in [0.3, 0.4) is 0 Å². The number of aromatic nitrogens is 4. The Balaban J connectivity index is 1.39. The molecule has 0 aliphatic rings. The number of nitrogens with one attached hydrogen (secondary N) is 1. The van der Waals surface area contributed by atoms with Gasteiger partial charge in [-0.25, -0.2) is 9.97 Å². The fraction of sp³-hybridized carbons (Fsp3) is 0.107. The molecule has 35 heavy (non-hydrogen) atoms. The van der Waals surface area contributed by atoms with E-state index in [-0.39, 0.29) is 5.91 Å². The van der Waals surface area contributed by atoms with E-state index in [0.717, 1.165) is 39.0 Å². The summed E-state index contributed by atoms with van der Waals surface area (Å²) in [5, 5.41) is 3.83. The second-order valence-corrected chi connectivity index (χ2v) is 8.13. The molecule has 0 saturated heterocycles. The summed E-state index contributed by atoms with van der Waals surface area (Å²) in [7, 11) is 0. The van der Waals surface area contributed by atoms with E-state index < -0.39 is 0 Å². The zero-order valence-corrected chi connectivity index (χ0v) is 19.4. The van der Waals surface area contributed by atoms with Gasteiger partial charge in [-0.05, 0) is 67.4 Å². The summed E-state index contributed by atoms with van der Waals surface area (Å²) in [5.74, 6) is 1.85. The molecule has 0 atom stereocenters. The highest BCUT2D eigenvalue weighted by atomic mass is 16.5. The van der Waals surface area contributed by atoms with Crippen molar-refractivity contribution in [2.75, 3.05) is 0 Å². The molecule has 7 nitrogen and oxygen atoms in total. The van der Waals surface area contributed by atoms with Crippen molar-refractivity contribution in [1.82, 2.24) is 25.3 Å². The maximum atomic E-state index is 12.8. The second-order valence-electron chi connectivity index (χ2n) is 8.13. The maximum Gasteiger partial charge on any atom is 0.251 e.